The highest BCUT2D eigenvalue weighted by Gasteiger charge is 2.36. The van der Waals surface area contributed by atoms with Gasteiger partial charge in [0.2, 0.25) is 0 Å². The van der Waals surface area contributed by atoms with Gasteiger partial charge in [-0.3, -0.25) is 0 Å². The highest BCUT2D eigenvalue weighted by Crippen LogP contribution is 2.36. The third-order valence-corrected chi connectivity index (χ3v) is 9.02. The number of carbonyl (C=O) groups excluding carboxylic acids is 1. The lowest BCUT2D eigenvalue weighted by molar-refractivity contribution is 0.0227. The normalized spacial score (nSPS) is 14.4. The zero-order valence-corrected chi connectivity index (χ0v) is 18.6. The second-order valence-corrected chi connectivity index (χ2v) is 13.9. The summed E-state index contributed by atoms with van der Waals surface area (Å²) in [6, 6.07) is 0.221. The molecule has 0 aliphatic heterocycles. The van der Waals surface area contributed by atoms with Crippen LogP contribution in [-0.2, 0) is 9.16 Å². The van der Waals surface area contributed by atoms with Crippen LogP contribution in [0.2, 0.25) is 18.1 Å². The Balaban J connectivity index is 4.60. The largest absolute Gasteiger partial charge is 0.444 e. The van der Waals surface area contributed by atoms with Crippen LogP contribution >= 0.6 is 0 Å². The Morgan fingerprint density at radius 1 is 1.17 bits per heavy atom. The number of carbonyl (C=O) groups is 1. The first kappa shape index (κ1) is 23.4. The Labute approximate surface area is 150 Å². The first-order valence-electron chi connectivity index (χ1n) is 8.99. The van der Waals surface area contributed by atoms with Crippen LogP contribution in [0.5, 0.6) is 0 Å². The van der Waals surface area contributed by atoms with Gasteiger partial charge in [0.25, 0.3) is 0 Å². The Morgan fingerprint density at radius 2 is 1.71 bits per heavy atom. The van der Waals surface area contributed by atoms with Crippen molar-refractivity contribution in [3.8, 4) is 0 Å². The van der Waals surface area contributed by atoms with Crippen molar-refractivity contribution in [3.05, 3.63) is 0 Å². The number of nitrogens with zero attached hydrogens (tertiary/aromatic N) is 1. The molecular weight excluding hydrogens is 320 g/mol. The van der Waals surface area contributed by atoms with E-state index in [1.165, 1.54) is 0 Å². The Bertz CT molecular complexity index is 387. The fourth-order valence-corrected chi connectivity index (χ4v) is 2.89. The number of ether oxygens (including phenoxy) is 1. The van der Waals surface area contributed by atoms with E-state index in [0.717, 1.165) is 6.42 Å². The molecule has 0 aromatic rings. The molecule has 6 heteroatoms. The number of amides is 1. The van der Waals surface area contributed by atoms with E-state index in [1.54, 1.807) is 4.90 Å². The summed E-state index contributed by atoms with van der Waals surface area (Å²) in [5.41, 5.74) is -0.476. The molecule has 0 aromatic heterocycles. The first-order chi connectivity index (χ1) is 10.7. The van der Waals surface area contributed by atoms with Crippen molar-refractivity contribution < 1.29 is 14.0 Å². The molecular formula is C18H40N2O3Si. The molecule has 1 N–H and O–H groups in total. The maximum Gasteiger partial charge on any atom is 0.410 e. The van der Waals surface area contributed by atoms with Crippen LogP contribution in [0.4, 0.5) is 4.79 Å². The Morgan fingerprint density at radius 3 is 2.12 bits per heavy atom. The summed E-state index contributed by atoms with van der Waals surface area (Å²) in [6.45, 7) is 20.9. The number of hydrogen-bond donors (Lipinski definition) is 1. The van der Waals surface area contributed by atoms with E-state index < -0.39 is 13.9 Å². The van der Waals surface area contributed by atoms with Crippen LogP contribution in [0.1, 0.15) is 54.9 Å². The maximum atomic E-state index is 12.4. The molecule has 0 saturated carbocycles. The quantitative estimate of drug-likeness (QED) is 0.519. The molecule has 0 fully saturated rings. The molecule has 1 amide bonds. The van der Waals surface area contributed by atoms with Gasteiger partial charge < -0.3 is 19.4 Å². The predicted molar refractivity (Wildman–Crippen MR) is 104 cm³/mol. The zero-order valence-electron chi connectivity index (χ0n) is 17.6. The van der Waals surface area contributed by atoms with Crippen molar-refractivity contribution in [2.24, 2.45) is 0 Å². The molecule has 0 unspecified atom stereocenters. The van der Waals surface area contributed by atoms with E-state index >= 15 is 0 Å². The van der Waals surface area contributed by atoms with E-state index in [2.05, 4.69) is 46.1 Å². The van der Waals surface area contributed by atoms with Crippen molar-refractivity contribution in [2.45, 2.75) is 84.7 Å². The lowest BCUT2D eigenvalue weighted by Crippen LogP contribution is -2.45. The topological polar surface area (TPSA) is 50.8 Å². The monoisotopic (exact) mass is 360 g/mol. The third kappa shape index (κ3) is 9.04. The average Bonchev–Trinajstić information content (AvgIpc) is 2.38. The van der Waals surface area contributed by atoms with Gasteiger partial charge in [-0.15, -0.1) is 0 Å². The third-order valence-electron chi connectivity index (χ3n) is 4.48. The van der Waals surface area contributed by atoms with Crippen molar-refractivity contribution in [1.29, 1.82) is 0 Å². The molecule has 0 aliphatic rings. The second kappa shape index (κ2) is 9.20. The van der Waals surface area contributed by atoms with E-state index in [0.29, 0.717) is 19.7 Å². The summed E-state index contributed by atoms with van der Waals surface area (Å²) >= 11 is 0. The number of hydrogen-bond acceptors (Lipinski definition) is 4. The van der Waals surface area contributed by atoms with Gasteiger partial charge in [0.05, 0.1) is 0 Å². The van der Waals surface area contributed by atoms with Crippen molar-refractivity contribution in [1.82, 2.24) is 10.2 Å². The predicted octanol–water partition coefficient (Wildman–Crippen LogP) is 4.24. The van der Waals surface area contributed by atoms with Crippen LogP contribution in [0.25, 0.3) is 0 Å². The summed E-state index contributed by atoms with van der Waals surface area (Å²) in [5, 5.41) is 3.38. The summed E-state index contributed by atoms with van der Waals surface area (Å²) in [7, 11) is 0.173. The first-order valence-corrected chi connectivity index (χ1v) is 11.9. The lowest BCUT2D eigenvalue weighted by Gasteiger charge is -2.36. The van der Waals surface area contributed by atoms with Crippen LogP contribution in [-0.4, -0.2) is 57.7 Å². The van der Waals surface area contributed by atoms with Crippen molar-refractivity contribution >= 4 is 14.4 Å². The lowest BCUT2D eigenvalue weighted by atomic mass is 10.2. The highest BCUT2D eigenvalue weighted by molar-refractivity contribution is 6.74. The summed E-state index contributed by atoms with van der Waals surface area (Å²) in [4.78, 5) is 14.2. The molecule has 144 valence electrons. The van der Waals surface area contributed by atoms with Crippen LogP contribution < -0.4 is 5.32 Å². The molecule has 0 saturated heterocycles. The van der Waals surface area contributed by atoms with Crippen LogP contribution in [0, 0.1) is 0 Å². The average molecular weight is 361 g/mol. The summed E-state index contributed by atoms with van der Waals surface area (Å²) < 4.78 is 11.7. The fraction of sp³-hybridized carbons (Fsp3) is 0.944. The molecule has 0 heterocycles. The molecule has 0 spiro atoms. The maximum absolute atomic E-state index is 12.4. The fourth-order valence-electron chi connectivity index (χ4n) is 1.80. The zero-order chi connectivity index (χ0) is 19.2. The molecule has 0 aliphatic carbocycles. The van der Waals surface area contributed by atoms with Gasteiger partial charge in [-0.2, -0.15) is 0 Å². The van der Waals surface area contributed by atoms with Gasteiger partial charge in [0, 0.05) is 25.7 Å². The molecule has 0 radical (unpaired) electrons. The van der Waals surface area contributed by atoms with Crippen molar-refractivity contribution in [2.75, 3.05) is 26.7 Å². The second-order valence-electron chi connectivity index (χ2n) is 9.08. The molecule has 1 atom stereocenters. The smallest absolute Gasteiger partial charge is 0.410 e. The SMILES string of the molecule is CN[C@H](C)CN(CCCO[Si](C)(C)C(C)(C)C)C(=O)OC(C)(C)C. The van der Waals surface area contributed by atoms with Crippen molar-refractivity contribution in [3.63, 3.8) is 0 Å². The van der Waals surface area contributed by atoms with Crippen LogP contribution in [0.3, 0.4) is 0 Å². The Hall–Kier alpha value is -0.593. The van der Waals surface area contributed by atoms with Gasteiger partial charge in [-0.25, -0.2) is 4.79 Å². The molecule has 5 nitrogen and oxygen atoms in total. The Kier molecular flexibility index (Phi) is 8.97. The molecule has 0 aromatic carbocycles. The van der Waals surface area contributed by atoms with Crippen LogP contribution in [0.15, 0.2) is 0 Å². The van der Waals surface area contributed by atoms with E-state index in [9.17, 15) is 4.79 Å². The summed E-state index contributed by atoms with van der Waals surface area (Å²) in [5.74, 6) is 0. The minimum absolute atomic E-state index is 0.207. The molecule has 0 rings (SSSR count). The number of rotatable bonds is 8. The van der Waals surface area contributed by atoms with Gasteiger partial charge in [-0.1, -0.05) is 20.8 Å². The highest BCUT2D eigenvalue weighted by atomic mass is 28.4. The van der Waals surface area contributed by atoms with Gasteiger partial charge in [0.15, 0.2) is 8.32 Å². The van der Waals surface area contributed by atoms with Gasteiger partial charge in [-0.05, 0) is 59.3 Å². The van der Waals surface area contributed by atoms with Gasteiger partial charge >= 0.3 is 6.09 Å². The minimum atomic E-state index is -1.73. The number of nitrogens with one attached hydrogen (secondary N) is 1. The number of likely N-dealkylation sites (N-methyl/N-ethyl adjacent to an activating group) is 1. The van der Waals surface area contributed by atoms with E-state index in [4.69, 9.17) is 9.16 Å². The summed E-state index contributed by atoms with van der Waals surface area (Å²) in [6.07, 6.45) is 0.569. The minimum Gasteiger partial charge on any atom is -0.444 e. The van der Waals surface area contributed by atoms with E-state index in [1.807, 2.05) is 27.8 Å². The molecule has 0 bridgehead atoms. The van der Waals surface area contributed by atoms with Gasteiger partial charge in [0.1, 0.15) is 5.60 Å². The standard InChI is InChI=1S/C18H40N2O3Si/c1-15(19-8)14-20(16(21)23-17(2,3)4)12-11-13-22-24(9,10)18(5,6)7/h15,19H,11-14H2,1-10H3/t15-/m1/s1. The van der Waals surface area contributed by atoms with E-state index in [-0.39, 0.29) is 17.2 Å². The molecule has 24 heavy (non-hydrogen) atoms.